The molecule has 0 saturated carbocycles. The highest BCUT2D eigenvalue weighted by molar-refractivity contribution is 6.30. The molecule has 15 heavy (non-hydrogen) atoms. The van der Waals surface area contributed by atoms with Gasteiger partial charge in [0.05, 0.1) is 6.54 Å². The summed E-state index contributed by atoms with van der Waals surface area (Å²) in [7, 11) is 0. The molecule has 5 heteroatoms. The number of anilines is 1. The van der Waals surface area contributed by atoms with E-state index in [1.54, 1.807) is 24.3 Å². The largest absolute Gasteiger partial charge is 0.331 e. The Morgan fingerprint density at radius 2 is 1.87 bits per heavy atom. The average molecular weight is 227 g/mol. The zero-order chi connectivity index (χ0) is 11.3. The van der Waals surface area contributed by atoms with Crippen LogP contribution in [0.25, 0.3) is 0 Å². The maximum atomic E-state index is 11.2. The summed E-state index contributed by atoms with van der Waals surface area (Å²) in [5.74, 6) is -0.0961. The highest BCUT2D eigenvalue weighted by Crippen LogP contribution is 2.12. The van der Waals surface area contributed by atoms with E-state index in [4.69, 9.17) is 11.6 Å². The highest BCUT2D eigenvalue weighted by atomic mass is 35.5. The standard InChI is InChI=1S/C10H11ClN2O2/c1-7(14)6-12-10(15)13-9-4-2-8(11)3-5-9/h2-5H,6H2,1H3,(H2,12,13,15). The van der Waals surface area contributed by atoms with E-state index in [0.717, 1.165) is 0 Å². The molecule has 0 heterocycles. The van der Waals surface area contributed by atoms with Gasteiger partial charge in [-0.3, -0.25) is 4.79 Å². The summed E-state index contributed by atoms with van der Waals surface area (Å²) in [6.07, 6.45) is 0. The number of hydrogen-bond donors (Lipinski definition) is 2. The number of ketones is 1. The average Bonchev–Trinajstić information content (AvgIpc) is 2.19. The second kappa shape index (κ2) is 5.36. The first kappa shape index (κ1) is 11.5. The Balaban J connectivity index is 2.44. The van der Waals surface area contributed by atoms with Crippen LogP contribution < -0.4 is 10.6 Å². The molecule has 0 unspecified atom stereocenters. The molecule has 0 aliphatic rings. The van der Waals surface area contributed by atoms with Crippen molar-refractivity contribution in [1.82, 2.24) is 5.32 Å². The van der Waals surface area contributed by atoms with Gasteiger partial charge in [-0.1, -0.05) is 11.6 Å². The number of hydrogen-bond acceptors (Lipinski definition) is 2. The van der Waals surface area contributed by atoms with Crippen LogP contribution in [0.3, 0.4) is 0 Å². The Hall–Kier alpha value is -1.55. The predicted molar refractivity (Wildman–Crippen MR) is 59.2 cm³/mol. The number of halogens is 1. The second-order valence-corrected chi connectivity index (χ2v) is 3.45. The lowest BCUT2D eigenvalue weighted by molar-refractivity contribution is -0.116. The van der Waals surface area contributed by atoms with E-state index in [1.165, 1.54) is 6.92 Å². The molecule has 0 aliphatic heterocycles. The van der Waals surface area contributed by atoms with E-state index in [9.17, 15) is 9.59 Å². The Bertz CT molecular complexity index is 362. The lowest BCUT2D eigenvalue weighted by Gasteiger charge is -2.05. The van der Waals surface area contributed by atoms with Gasteiger partial charge in [-0.05, 0) is 31.2 Å². The fraction of sp³-hybridized carbons (Fsp3) is 0.200. The van der Waals surface area contributed by atoms with Crippen LogP contribution in [0.1, 0.15) is 6.92 Å². The fourth-order valence-electron chi connectivity index (χ4n) is 0.913. The molecule has 1 aromatic carbocycles. The van der Waals surface area contributed by atoms with Crippen LogP contribution in [0, 0.1) is 0 Å². The summed E-state index contributed by atoms with van der Waals surface area (Å²) in [6, 6.07) is 6.28. The van der Waals surface area contributed by atoms with Gasteiger partial charge in [0.1, 0.15) is 5.78 Å². The molecule has 1 aromatic rings. The summed E-state index contributed by atoms with van der Waals surface area (Å²) in [5.41, 5.74) is 0.625. The molecule has 0 aromatic heterocycles. The zero-order valence-corrected chi connectivity index (χ0v) is 8.97. The Kier molecular flexibility index (Phi) is 4.12. The van der Waals surface area contributed by atoms with Gasteiger partial charge in [0.2, 0.25) is 0 Å². The van der Waals surface area contributed by atoms with E-state index in [1.807, 2.05) is 0 Å². The minimum absolute atomic E-state index is 0.0272. The number of amides is 2. The molecule has 80 valence electrons. The molecule has 0 radical (unpaired) electrons. The van der Waals surface area contributed by atoms with Crippen LogP contribution in [0.15, 0.2) is 24.3 Å². The van der Waals surface area contributed by atoms with Crippen molar-refractivity contribution in [3.05, 3.63) is 29.3 Å². The number of rotatable bonds is 3. The van der Waals surface area contributed by atoms with Crippen molar-refractivity contribution in [2.45, 2.75) is 6.92 Å². The van der Waals surface area contributed by atoms with E-state index >= 15 is 0 Å². The summed E-state index contributed by atoms with van der Waals surface area (Å²) >= 11 is 5.68. The topological polar surface area (TPSA) is 58.2 Å². The molecular formula is C10H11ClN2O2. The van der Waals surface area contributed by atoms with Crippen molar-refractivity contribution in [2.24, 2.45) is 0 Å². The van der Waals surface area contributed by atoms with Crippen molar-refractivity contribution in [1.29, 1.82) is 0 Å². The first-order valence-electron chi connectivity index (χ1n) is 4.38. The molecule has 0 aliphatic carbocycles. The van der Waals surface area contributed by atoms with Crippen molar-refractivity contribution < 1.29 is 9.59 Å². The van der Waals surface area contributed by atoms with Crippen LogP contribution >= 0.6 is 11.6 Å². The molecule has 1 rings (SSSR count). The van der Waals surface area contributed by atoms with Crippen molar-refractivity contribution in [3.8, 4) is 0 Å². The molecule has 0 fully saturated rings. The highest BCUT2D eigenvalue weighted by Gasteiger charge is 2.01. The maximum absolute atomic E-state index is 11.2. The molecule has 2 N–H and O–H groups in total. The summed E-state index contributed by atoms with van der Waals surface area (Å²) in [6.45, 7) is 1.43. The van der Waals surface area contributed by atoms with Crippen LogP contribution in [0.2, 0.25) is 5.02 Å². The normalized spacial score (nSPS) is 9.47. The van der Waals surface area contributed by atoms with Gasteiger partial charge in [0, 0.05) is 10.7 Å². The van der Waals surface area contributed by atoms with Crippen molar-refractivity contribution in [3.63, 3.8) is 0 Å². The van der Waals surface area contributed by atoms with E-state index in [2.05, 4.69) is 10.6 Å². The van der Waals surface area contributed by atoms with Gasteiger partial charge >= 0.3 is 6.03 Å². The van der Waals surface area contributed by atoms with Gasteiger partial charge in [0.25, 0.3) is 0 Å². The Labute approximate surface area is 92.6 Å². The van der Waals surface area contributed by atoms with Crippen LogP contribution in [0.4, 0.5) is 10.5 Å². The Morgan fingerprint density at radius 3 is 2.40 bits per heavy atom. The third-order valence-electron chi connectivity index (χ3n) is 1.60. The van der Waals surface area contributed by atoms with Crippen molar-refractivity contribution >= 4 is 29.1 Å². The summed E-state index contributed by atoms with van der Waals surface area (Å²) < 4.78 is 0. The van der Waals surface area contributed by atoms with Gasteiger partial charge < -0.3 is 10.6 Å². The minimum Gasteiger partial charge on any atom is -0.331 e. The molecule has 0 saturated heterocycles. The smallest absolute Gasteiger partial charge is 0.319 e. The molecule has 2 amide bonds. The minimum atomic E-state index is -0.410. The van der Waals surface area contributed by atoms with E-state index in [0.29, 0.717) is 10.7 Å². The number of carbonyl (C=O) groups excluding carboxylic acids is 2. The van der Waals surface area contributed by atoms with Gasteiger partial charge in [-0.15, -0.1) is 0 Å². The maximum Gasteiger partial charge on any atom is 0.319 e. The molecule has 0 atom stereocenters. The molecule has 0 spiro atoms. The SMILES string of the molecule is CC(=O)CNC(=O)Nc1ccc(Cl)cc1. The van der Waals surface area contributed by atoms with Gasteiger partial charge in [-0.25, -0.2) is 4.79 Å². The third kappa shape index (κ3) is 4.46. The third-order valence-corrected chi connectivity index (χ3v) is 1.85. The van der Waals surface area contributed by atoms with E-state index < -0.39 is 6.03 Å². The quantitative estimate of drug-likeness (QED) is 0.829. The van der Waals surface area contributed by atoms with Crippen molar-refractivity contribution in [2.75, 3.05) is 11.9 Å². The van der Waals surface area contributed by atoms with Gasteiger partial charge in [0.15, 0.2) is 0 Å². The Morgan fingerprint density at radius 1 is 1.27 bits per heavy atom. The number of urea groups is 1. The first-order chi connectivity index (χ1) is 7.08. The monoisotopic (exact) mass is 226 g/mol. The van der Waals surface area contributed by atoms with Crippen LogP contribution in [-0.4, -0.2) is 18.4 Å². The second-order valence-electron chi connectivity index (χ2n) is 3.02. The first-order valence-corrected chi connectivity index (χ1v) is 4.75. The lowest BCUT2D eigenvalue weighted by atomic mass is 10.3. The zero-order valence-electron chi connectivity index (χ0n) is 8.21. The lowest BCUT2D eigenvalue weighted by Crippen LogP contribution is -2.32. The summed E-state index contributed by atoms with van der Waals surface area (Å²) in [5, 5.41) is 5.58. The van der Waals surface area contributed by atoms with Gasteiger partial charge in [-0.2, -0.15) is 0 Å². The molecule has 4 nitrogen and oxygen atoms in total. The van der Waals surface area contributed by atoms with Crippen LogP contribution in [-0.2, 0) is 4.79 Å². The summed E-state index contributed by atoms with van der Waals surface area (Å²) in [4.78, 5) is 21.8. The predicted octanol–water partition coefficient (Wildman–Crippen LogP) is 2.05. The molecule has 0 bridgehead atoms. The number of nitrogens with one attached hydrogen (secondary N) is 2. The number of benzene rings is 1. The number of Topliss-reactive ketones (excluding diaryl/α,β-unsaturated/α-hetero) is 1. The molecular weight excluding hydrogens is 216 g/mol. The van der Waals surface area contributed by atoms with E-state index in [-0.39, 0.29) is 12.3 Å². The number of carbonyl (C=O) groups is 2. The fourth-order valence-corrected chi connectivity index (χ4v) is 1.04. The van der Waals surface area contributed by atoms with Crippen LogP contribution in [0.5, 0.6) is 0 Å².